The van der Waals surface area contributed by atoms with Gasteiger partial charge in [-0.3, -0.25) is 4.90 Å². The largest absolute Gasteiger partial charge is 0.497 e. The van der Waals surface area contributed by atoms with Crippen molar-refractivity contribution >= 4 is 11.7 Å². The highest BCUT2D eigenvalue weighted by Crippen LogP contribution is 2.25. The van der Waals surface area contributed by atoms with Crippen LogP contribution < -0.4 is 25.0 Å². The molecule has 2 amide bonds. The molecular weight excluding hydrogens is 394 g/mol. The van der Waals surface area contributed by atoms with Crippen LogP contribution in [0.5, 0.6) is 11.5 Å². The number of hydrogen-bond acceptors (Lipinski definition) is 5. The Bertz CT molecular complexity index is 844. The second kappa shape index (κ2) is 10.5. The summed E-state index contributed by atoms with van der Waals surface area (Å²) in [6, 6.07) is 17.1. The minimum atomic E-state index is -0.638. The van der Waals surface area contributed by atoms with Gasteiger partial charge in [0.2, 0.25) is 0 Å². The third kappa shape index (κ3) is 6.60. The molecule has 2 aromatic rings. The zero-order chi connectivity index (χ0) is 22.3. The highest BCUT2D eigenvalue weighted by Gasteiger charge is 2.33. The summed E-state index contributed by atoms with van der Waals surface area (Å²) in [4.78, 5) is 14.1. The molecular formula is C24H33N3O4. The van der Waals surface area contributed by atoms with Gasteiger partial charge >= 0.3 is 6.03 Å². The summed E-state index contributed by atoms with van der Waals surface area (Å²) in [5.74, 6) is 1.38. The van der Waals surface area contributed by atoms with Gasteiger partial charge in [0.25, 0.3) is 0 Å². The predicted octanol–water partition coefficient (Wildman–Crippen LogP) is 3.18. The number of amides is 2. The lowest BCUT2D eigenvalue weighted by Gasteiger charge is -2.31. The molecule has 2 unspecified atom stereocenters. The first-order valence-corrected chi connectivity index (χ1v) is 10.7. The predicted molar refractivity (Wildman–Crippen MR) is 122 cm³/mol. The number of aliphatic hydroxyl groups is 1. The van der Waals surface area contributed by atoms with Crippen molar-refractivity contribution in [2.24, 2.45) is 0 Å². The number of β-amino-alcohol motifs (C(OH)–C–C–N with tert-alkyl or cyclic N) is 1. The van der Waals surface area contributed by atoms with E-state index in [0.29, 0.717) is 18.8 Å². The number of rotatable bonds is 11. The van der Waals surface area contributed by atoms with E-state index in [0.717, 1.165) is 24.3 Å². The molecule has 0 aromatic heterocycles. The lowest BCUT2D eigenvalue weighted by atomic mass is 9.94. The van der Waals surface area contributed by atoms with Gasteiger partial charge in [-0.15, -0.1) is 0 Å². The average molecular weight is 428 g/mol. The van der Waals surface area contributed by atoms with Crippen LogP contribution in [-0.4, -0.2) is 55.6 Å². The summed E-state index contributed by atoms with van der Waals surface area (Å²) in [5.41, 5.74) is 0.726. The molecule has 0 bridgehead atoms. The Morgan fingerprint density at radius 2 is 1.94 bits per heavy atom. The van der Waals surface area contributed by atoms with Gasteiger partial charge in [-0.2, -0.15) is 0 Å². The van der Waals surface area contributed by atoms with Crippen molar-refractivity contribution in [3.8, 4) is 11.5 Å². The maximum atomic E-state index is 12.3. The Morgan fingerprint density at radius 3 is 2.68 bits per heavy atom. The minimum absolute atomic E-state index is 0.0490. The number of anilines is 1. The van der Waals surface area contributed by atoms with Crippen molar-refractivity contribution < 1.29 is 19.4 Å². The lowest BCUT2D eigenvalue weighted by molar-refractivity contribution is 0.0977. The minimum Gasteiger partial charge on any atom is -0.497 e. The van der Waals surface area contributed by atoms with Crippen molar-refractivity contribution in [2.45, 2.75) is 44.4 Å². The van der Waals surface area contributed by atoms with Crippen molar-refractivity contribution in [1.29, 1.82) is 0 Å². The molecule has 31 heavy (non-hydrogen) atoms. The molecule has 0 aliphatic carbocycles. The Balaban J connectivity index is 1.44. The molecule has 1 aliphatic rings. The van der Waals surface area contributed by atoms with E-state index in [1.54, 1.807) is 13.2 Å². The van der Waals surface area contributed by atoms with Crippen LogP contribution in [0.25, 0.3) is 0 Å². The molecule has 1 heterocycles. The number of carbonyl (C=O) groups is 1. The van der Waals surface area contributed by atoms with Crippen molar-refractivity contribution in [2.75, 3.05) is 31.7 Å². The summed E-state index contributed by atoms with van der Waals surface area (Å²) in [5, 5.41) is 16.7. The van der Waals surface area contributed by atoms with E-state index in [-0.39, 0.29) is 24.2 Å². The van der Waals surface area contributed by atoms with Gasteiger partial charge in [0.15, 0.2) is 0 Å². The van der Waals surface area contributed by atoms with E-state index in [4.69, 9.17) is 9.47 Å². The number of nitrogens with one attached hydrogen (secondary N) is 2. The Kier molecular flexibility index (Phi) is 7.76. The van der Waals surface area contributed by atoms with Gasteiger partial charge in [-0.1, -0.05) is 24.3 Å². The SMILES string of the molecule is COc1cccc(OCC(O)CNC(C)(C)CCC2CNC(=O)N2c2ccccc2)c1. The van der Waals surface area contributed by atoms with Gasteiger partial charge in [-0.25, -0.2) is 4.79 Å². The zero-order valence-corrected chi connectivity index (χ0v) is 18.5. The second-order valence-electron chi connectivity index (χ2n) is 8.49. The Labute approximate surface area is 184 Å². The molecule has 0 radical (unpaired) electrons. The van der Waals surface area contributed by atoms with Crippen LogP contribution >= 0.6 is 0 Å². The molecule has 1 saturated heterocycles. The van der Waals surface area contributed by atoms with E-state index in [1.165, 1.54) is 0 Å². The second-order valence-corrected chi connectivity index (χ2v) is 8.49. The maximum Gasteiger partial charge on any atom is 0.322 e. The third-order valence-corrected chi connectivity index (χ3v) is 5.51. The molecule has 0 spiro atoms. The van der Waals surface area contributed by atoms with Crippen LogP contribution in [0.1, 0.15) is 26.7 Å². The zero-order valence-electron chi connectivity index (χ0n) is 18.5. The van der Waals surface area contributed by atoms with E-state index in [2.05, 4.69) is 24.5 Å². The number of aliphatic hydroxyl groups excluding tert-OH is 1. The topological polar surface area (TPSA) is 83.1 Å². The first-order valence-electron chi connectivity index (χ1n) is 10.7. The maximum absolute atomic E-state index is 12.3. The lowest BCUT2D eigenvalue weighted by Crippen LogP contribution is -2.46. The number of nitrogens with zero attached hydrogens (tertiary/aromatic N) is 1. The molecule has 3 N–H and O–H groups in total. The van der Waals surface area contributed by atoms with Gasteiger partial charge in [0.1, 0.15) is 24.2 Å². The molecule has 0 saturated carbocycles. The van der Waals surface area contributed by atoms with E-state index < -0.39 is 6.10 Å². The first-order chi connectivity index (χ1) is 14.9. The summed E-state index contributed by atoms with van der Waals surface area (Å²) >= 11 is 0. The first kappa shape index (κ1) is 22.9. The number of benzene rings is 2. The smallest absolute Gasteiger partial charge is 0.322 e. The highest BCUT2D eigenvalue weighted by atomic mass is 16.5. The monoisotopic (exact) mass is 427 g/mol. The molecule has 3 rings (SSSR count). The Hall–Kier alpha value is -2.77. The van der Waals surface area contributed by atoms with E-state index in [9.17, 15) is 9.90 Å². The summed E-state index contributed by atoms with van der Waals surface area (Å²) < 4.78 is 10.9. The van der Waals surface area contributed by atoms with Crippen LogP contribution in [0.4, 0.5) is 10.5 Å². The number of methoxy groups -OCH3 is 1. The van der Waals surface area contributed by atoms with Crippen LogP contribution in [-0.2, 0) is 0 Å². The number of para-hydroxylation sites is 1. The number of urea groups is 1. The fraction of sp³-hybridized carbons (Fsp3) is 0.458. The van der Waals surface area contributed by atoms with Crippen molar-refractivity contribution in [3.63, 3.8) is 0 Å². The van der Waals surface area contributed by atoms with Crippen LogP contribution in [0.15, 0.2) is 54.6 Å². The van der Waals surface area contributed by atoms with Gasteiger partial charge in [0, 0.05) is 30.4 Å². The molecule has 7 heteroatoms. The van der Waals surface area contributed by atoms with Crippen LogP contribution in [0.3, 0.4) is 0 Å². The molecule has 1 aliphatic heterocycles. The summed E-state index contributed by atoms with van der Waals surface area (Å²) in [7, 11) is 1.61. The number of carbonyl (C=O) groups excluding carboxylic acids is 1. The summed E-state index contributed by atoms with van der Waals surface area (Å²) in [6.45, 7) is 5.47. The highest BCUT2D eigenvalue weighted by molar-refractivity contribution is 5.94. The van der Waals surface area contributed by atoms with Gasteiger partial charge < -0.3 is 25.2 Å². The average Bonchev–Trinajstić information content (AvgIpc) is 3.16. The number of ether oxygens (including phenoxy) is 2. The third-order valence-electron chi connectivity index (χ3n) is 5.51. The van der Waals surface area contributed by atoms with Crippen molar-refractivity contribution in [3.05, 3.63) is 54.6 Å². The quantitative estimate of drug-likeness (QED) is 0.513. The standard InChI is InChI=1S/C24H33N3O4/c1-24(2,26-16-20(28)17-31-22-11-7-10-21(14-22)30-3)13-12-19-15-25-23(29)27(19)18-8-5-4-6-9-18/h4-11,14,19-20,26,28H,12-13,15-17H2,1-3H3,(H,25,29). The van der Waals surface area contributed by atoms with E-state index in [1.807, 2.05) is 53.4 Å². The molecule has 168 valence electrons. The van der Waals surface area contributed by atoms with E-state index >= 15 is 0 Å². The van der Waals surface area contributed by atoms with Crippen molar-refractivity contribution in [1.82, 2.24) is 10.6 Å². The molecule has 7 nitrogen and oxygen atoms in total. The van der Waals surface area contributed by atoms with Crippen LogP contribution in [0.2, 0.25) is 0 Å². The molecule has 1 fully saturated rings. The Morgan fingerprint density at radius 1 is 1.19 bits per heavy atom. The van der Waals surface area contributed by atoms with Crippen LogP contribution in [0, 0.1) is 0 Å². The molecule has 2 aromatic carbocycles. The summed E-state index contributed by atoms with van der Waals surface area (Å²) in [6.07, 6.45) is 1.07. The molecule has 2 atom stereocenters. The number of hydrogen-bond donors (Lipinski definition) is 3. The fourth-order valence-electron chi connectivity index (χ4n) is 3.65. The normalized spacial score (nSPS) is 17.4. The fourth-order valence-corrected chi connectivity index (χ4v) is 3.65. The van der Waals surface area contributed by atoms with Gasteiger partial charge in [-0.05, 0) is 51.0 Å². The van der Waals surface area contributed by atoms with Gasteiger partial charge in [0.05, 0.1) is 13.2 Å².